The van der Waals surface area contributed by atoms with Gasteiger partial charge in [-0.2, -0.15) is 0 Å². The fourth-order valence-corrected chi connectivity index (χ4v) is 8.33. The van der Waals surface area contributed by atoms with Crippen LogP contribution in [0.1, 0.15) is 0 Å². The zero-order valence-electron chi connectivity index (χ0n) is 29.3. The summed E-state index contributed by atoms with van der Waals surface area (Å²) in [6.45, 7) is 0. The number of fused-ring (bicyclic) bond motifs is 10. The predicted octanol–water partition coefficient (Wildman–Crippen LogP) is 13.3. The molecule has 0 aliphatic carbocycles. The summed E-state index contributed by atoms with van der Waals surface area (Å²) in [7, 11) is 0. The molecule has 0 N–H and O–H groups in total. The second-order valence-corrected chi connectivity index (χ2v) is 13.8. The van der Waals surface area contributed by atoms with Crippen LogP contribution in [0.4, 0.5) is 17.1 Å². The van der Waals surface area contributed by atoms with E-state index in [1.165, 1.54) is 43.4 Å². The predicted molar refractivity (Wildman–Crippen MR) is 227 cm³/mol. The van der Waals surface area contributed by atoms with Gasteiger partial charge in [0.15, 0.2) is 0 Å². The Hall–Kier alpha value is -7.30. The molecule has 4 nitrogen and oxygen atoms in total. The van der Waals surface area contributed by atoms with Gasteiger partial charge in [-0.25, -0.2) is 4.98 Å². The molecule has 0 fully saturated rings. The van der Waals surface area contributed by atoms with Gasteiger partial charge >= 0.3 is 0 Å². The Morgan fingerprint density at radius 3 is 1.54 bits per heavy atom. The zero-order valence-corrected chi connectivity index (χ0v) is 29.3. The van der Waals surface area contributed by atoms with Gasteiger partial charge in [0.25, 0.3) is 0 Å². The molecule has 2 heterocycles. The number of aromatic nitrogens is 3. The smallest absolute Gasteiger partial charge is 0.0979 e. The van der Waals surface area contributed by atoms with Crippen molar-refractivity contribution in [2.24, 2.45) is 0 Å². The first-order chi connectivity index (χ1) is 26.8. The molecule has 0 aliphatic heterocycles. The van der Waals surface area contributed by atoms with Crippen LogP contribution >= 0.6 is 0 Å². The number of para-hydroxylation sites is 2. The van der Waals surface area contributed by atoms with E-state index in [4.69, 9.17) is 9.97 Å². The third-order valence-electron chi connectivity index (χ3n) is 10.8. The van der Waals surface area contributed by atoms with E-state index in [0.29, 0.717) is 0 Å². The van der Waals surface area contributed by atoms with E-state index in [-0.39, 0.29) is 0 Å². The lowest BCUT2D eigenvalue weighted by Gasteiger charge is -2.27. The Bertz CT molecular complexity index is 3120. The highest BCUT2D eigenvalue weighted by molar-refractivity contribution is 6.23. The second-order valence-electron chi connectivity index (χ2n) is 13.8. The van der Waals surface area contributed by atoms with Crippen LogP contribution in [0.3, 0.4) is 0 Å². The average molecular weight is 689 g/mol. The summed E-state index contributed by atoms with van der Waals surface area (Å²) in [5.41, 5.74) is 10.5. The standard InChI is InChI=1S/C50H32N4/c1-2-14-38-33(12-1)13-11-23-46(38)53(36-28-30-37(31-29-36)54-47-21-9-7-17-41(47)42-18-8-10-22-48(42)54)35-26-24-34(25-27-35)45-32-51-49-43-19-5-3-15-39(43)40-16-4-6-20-44(40)50(49)52-45/h1-32H. The van der Waals surface area contributed by atoms with Gasteiger partial charge in [-0.3, -0.25) is 4.98 Å². The maximum atomic E-state index is 5.25. The maximum Gasteiger partial charge on any atom is 0.0979 e. The topological polar surface area (TPSA) is 34.0 Å². The molecule has 11 rings (SSSR count). The Balaban J connectivity index is 1.04. The van der Waals surface area contributed by atoms with Gasteiger partial charge in [-0.15, -0.1) is 0 Å². The summed E-state index contributed by atoms with van der Waals surface area (Å²) in [5.74, 6) is 0. The minimum atomic E-state index is 0.849. The van der Waals surface area contributed by atoms with Crippen molar-refractivity contribution in [3.05, 3.63) is 194 Å². The third-order valence-corrected chi connectivity index (χ3v) is 10.8. The van der Waals surface area contributed by atoms with Crippen LogP contribution in [0, 0.1) is 0 Å². The Morgan fingerprint density at radius 1 is 0.389 bits per heavy atom. The SMILES string of the molecule is c1ccc2c(N(c3ccc(-c4cnc5c6ccccc6c6ccccc6c5n4)cc3)c3ccc(-n4c5ccccc5c5ccccc54)cc3)cccc2c1. The van der Waals surface area contributed by atoms with Crippen molar-refractivity contribution in [2.45, 2.75) is 0 Å². The zero-order chi connectivity index (χ0) is 35.6. The molecule has 0 unspecified atom stereocenters. The van der Waals surface area contributed by atoms with E-state index in [1.807, 2.05) is 6.20 Å². The molecule has 0 aliphatic rings. The summed E-state index contributed by atoms with van der Waals surface area (Å²) >= 11 is 0. The molecule has 0 radical (unpaired) electrons. The third kappa shape index (κ3) is 4.70. The first kappa shape index (κ1) is 30.3. The molecule has 11 aromatic rings. The van der Waals surface area contributed by atoms with Gasteiger partial charge in [0.05, 0.1) is 39.6 Å². The quantitative estimate of drug-likeness (QED) is 0.169. The van der Waals surface area contributed by atoms with E-state index in [1.54, 1.807) is 0 Å². The van der Waals surface area contributed by atoms with Crippen LogP contribution in [0.25, 0.3) is 82.1 Å². The summed E-state index contributed by atoms with van der Waals surface area (Å²) in [5, 5.41) is 9.53. The second kappa shape index (κ2) is 12.1. The summed E-state index contributed by atoms with van der Waals surface area (Å²) in [4.78, 5) is 12.6. The van der Waals surface area contributed by atoms with Gasteiger partial charge < -0.3 is 9.47 Å². The monoisotopic (exact) mass is 688 g/mol. The van der Waals surface area contributed by atoms with Crippen molar-refractivity contribution in [2.75, 3.05) is 4.90 Å². The Kier molecular flexibility index (Phi) is 6.82. The summed E-state index contributed by atoms with van der Waals surface area (Å²) in [6.07, 6.45) is 1.91. The highest BCUT2D eigenvalue weighted by Crippen LogP contribution is 2.41. The lowest BCUT2D eigenvalue weighted by Crippen LogP contribution is -2.10. The summed E-state index contributed by atoms with van der Waals surface area (Å²) in [6, 6.07) is 67.1. The molecule has 0 bridgehead atoms. The van der Waals surface area contributed by atoms with E-state index in [2.05, 4.69) is 198 Å². The maximum absolute atomic E-state index is 5.25. The molecular weight excluding hydrogens is 657 g/mol. The molecule has 0 spiro atoms. The summed E-state index contributed by atoms with van der Waals surface area (Å²) < 4.78 is 2.36. The van der Waals surface area contributed by atoms with Crippen molar-refractivity contribution in [3.63, 3.8) is 0 Å². The minimum absolute atomic E-state index is 0.849. The number of hydrogen-bond acceptors (Lipinski definition) is 3. The lowest BCUT2D eigenvalue weighted by atomic mass is 9.99. The number of hydrogen-bond donors (Lipinski definition) is 0. The van der Waals surface area contributed by atoms with E-state index >= 15 is 0 Å². The lowest BCUT2D eigenvalue weighted by molar-refractivity contribution is 1.17. The van der Waals surface area contributed by atoms with Crippen molar-refractivity contribution < 1.29 is 0 Å². The largest absolute Gasteiger partial charge is 0.310 e. The molecule has 54 heavy (non-hydrogen) atoms. The van der Waals surface area contributed by atoms with Gasteiger partial charge in [0.1, 0.15) is 0 Å². The highest BCUT2D eigenvalue weighted by atomic mass is 15.1. The molecule has 252 valence electrons. The minimum Gasteiger partial charge on any atom is -0.310 e. The molecule has 0 amide bonds. The molecule has 2 aromatic heterocycles. The molecule has 9 aromatic carbocycles. The van der Waals surface area contributed by atoms with Gasteiger partial charge in [-0.05, 0) is 70.8 Å². The van der Waals surface area contributed by atoms with Crippen LogP contribution in [0.15, 0.2) is 194 Å². The molecule has 0 atom stereocenters. The fourth-order valence-electron chi connectivity index (χ4n) is 8.33. The molecule has 0 saturated heterocycles. The van der Waals surface area contributed by atoms with Crippen molar-refractivity contribution in [1.29, 1.82) is 0 Å². The Labute approximate surface area is 311 Å². The van der Waals surface area contributed by atoms with Crippen LogP contribution in [0.5, 0.6) is 0 Å². The van der Waals surface area contributed by atoms with E-state index in [9.17, 15) is 0 Å². The van der Waals surface area contributed by atoms with Crippen molar-refractivity contribution >= 4 is 82.2 Å². The van der Waals surface area contributed by atoms with Crippen molar-refractivity contribution in [1.82, 2.24) is 14.5 Å². The van der Waals surface area contributed by atoms with Crippen molar-refractivity contribution in [3.8, 4) is 16.9 Å². The highest BCUT2D eigenvalue weighted by Gasteiger charge is 2.18. The normalized spacial score (nSPS) is 11.7. The fraction of sp³-hybridized carbons (Fsp3) is 0. The van der Waals surface area contributed by atoms with Gasteiger partial charge in [0.2, 0.25) is 0 Å². The van der Waals surface area contributed by atoms with Crippen LogP contribution in [-0.4, -0.2) is 14.5 Å². The van der Waals surface area contributed by atoms with Gasteiger partial charge in [0, 0.05) is 49.6 Å². The Morgan fingerprint density at radius 2 is 0.889 bits per heavy atom. The number of anilines is 3. The van der Waals surface area contributed by atoms with Crippen LogP contribution in [-0.2, 0) is 0 Å². The van der Waals surface area contributed by atoms with E-state index in [0.717, 1.165) is 55.8 Å². The molecule has 0 saturated carbocycles. The molecule has 4 heteroatoms. The van der Waals surface area contributed by atoms with Crippen LogP contribution in [0.2, 0.25) is 0 Å². The van der Waals surface area contributed by atoms with E-state index < -0.39 is 0 Å². The van der Waals surface area contributed by atoms with Crippen LogP contribution < -0.4 is 4.90 Å². The number of nitrogens with zero attached hydrogens (tertiary/aromatic N) is 4. The molecular formula is C50H32N4. The van der Waals surface area contributed by atoms with Gasteiger partial charge in [-0.1, -0.05) is 133 Å². The average Bonchev–Trinajstić information content (AvgIpc) is 3.59. The first-order valence-electron chi connectivity index (χ1n) is 18.3. The first-order valence-corrected chi connectivity index (χ1v) is 18.3. The number of benzene rings is 9. The number of rotatable bonds is 5.